The Morgan fingerprint density at radius 1 is 1.16 bits per heavy atom. The van der Waals surface area contributed by atoms with E-state index < -0.39 is 0 Å². The third-order valence-electron chi connectivity index (χ3n) is 3.77. The van der Waals surface area contributed by atoms with Crippen molar-refractivity contribution in [3.63, 3.8) is 0 Å². The average Bonchev–Trinajstić information content (AvgIpc) is 3.30. The number of nitrogens with one attached hydrogen (secondary N) is 3. The Bertz CT molecular complexity index is 955. The number of para-hydroxylation sites is 1. The number of hydrogen-bond donors (Lipinski definition) is 3. The molecule has 0 aliphatic heterocycles. The lowest BCUT2D eigenvalue weighted by atomic mass is 10.2. The molecule has 0 bridgehead atoms. The second-order valence-electron chi connectivity index (χ2n) is 5.55. The minimum atomic E-state index is -0.285. The first-order chi connectivity index (χ1) is 12.3. The standard InChI is InChI=1S/C18H16N6O/c25-18(20-12-15-10-13-4-1-2-5-16(13)22-15)23-14-6-7-17(19-11-14)24-9-3-8-21-24/h1-11,22H,12H2,(H2,20,23,25). The zero-order valence-corrected chi connectivity index (χ0v) is 13.3. The van der Waals surface area contributed by atoms with E-state index in [0.29, 0.717) is 18.1 Å². The minimum Gasteiger partial charge on any atom is -0.357 e. The van der Waals surface area contributed by atoms with Gasteiger partial charge in [-0.1, -0.05) is 18.2 Å². The molecule has 0 fully saturated rings. The number of aromatic amines is 1. The number of aromatic nitrogens is 4. The Labute approximate surface area is 143 Å². The van der Waals surface area contributed by atoms with Gasteiger partial charge >= 0.3 is 6.03 Å². The fraction of sp³-hybridized carbons (Fsp3) is 0.0556. The van der Waals surface area contributed by atoms with Crippen LogP contribution in [0.5, 0.6) is 0 Å². The average molecular weight is 332 g/mol. The van der Waals surface area contributed by atoms with E-state index in [2.05, 4.69) is 25.7 Å². The molecule has 3 N–H and O–H groups in total. The smallest absolute Gasteiger partial charge is 0.319 e. The molecule has 3 heterocycles. The van der Waals surface area contributed by atoms with Gasteiger partial charge in [0.15, 0.2) is 5.82 Å². The molecule has 0 radical (unpaired) electrons. The molecular formula is C18H16N6O. The summed E-state index contributed by atoms with van der Waals surface area (Å²) in [6.07, 6.45) is 5.09. The topological polar surface area (TPSA) is 87.6 Å². The Morgan fingerprint density at radius 3 is 2.84 bits per heavy atom. The highest BCUT2D eigenvalue weighted by Crippen LogP contribution is 2.14. The molecule has 25 heavy (non-hydrogen) atoms. The van der Waals surface area contributed by atoms with E-state index >= 15 is 0 Å². The van der Waals surface area contributed by atoms with Gasteiger partial charge < -0.3 is 15.6 Å². The highest BCUT2D eigenvalue weighted by Gasteiger charge is 2.05. The molecule has 7 heteroatoms. The minimum absolute atomic E-state index is 0.285. The number of pyridine rings is 1. The number of urea groups is 1. The van der Waals surface area contributed by atoms with E-state index in [1.165, 1.54) is 0 Å². The molecule has 7 nitrogen and oxygen atoms in total. The van der Waals surface area contributed by atoms with Gasteiger partial charge in [0.05, 0.1) is 18.4 Å². The van der Waals surface area contributed by atoms with Gasteiger partial charge in [-0.2, -0.15) is 5.10 Å². The number of nitrogens with zero attached hydrogens (tertiary/aromatic N) is 3. The van der Waals surface area contributed by atoms with Gasteiger partial charge in [-0.05, 0) is 35.7 Å². The Kier molecular flexibility index (Phi) is 3.88. The fourth-order valence-electron chi connectivity index (χ4n) is 2.58. The summed E-state index contributed by atoms with van der Waals surface area (Å²) in [5.41, 5.74) is 2.62. The largest absolute Gasteiger partial charge is 0.357 e. The van der Waals surface area contributed by atoms with Crippen molar-refractivity contribution >= 4 is 22.6 Å². The van der Waals surface area contributed by atoms with Crippen LogP contribution in [0.25, 0.3) is 16.7 Å². The summed E-state index contributed by atoms with van der Waals surface area (Å²) >= 11 is 0. The van der Waals surface area contributed by atoms with Crippen LogP contribution in [-0.2, 0) is 6.54 Å². The van der Waals surface area contributed by atoms with Crippen molar-refractivity contribution in [2.75, 3.05) is 5.32 Å². The molecule has 0 saturated heterocycles. The third-order valence-corrected chi connectivity index (χ3v) is 3.77. The lowest BCUT2D eigenvalue weighted by molar-refractivity contribution is 0.251. The zero-order chi connectivity index (χ0) is 17.1. The SMILES string of the molecule is O=C(NCc1cc2ccccc2[nH]1)Nc1ccc(-n2cccn2)nc1. The summed E-state index contributed by atoms with van der Waals surface area (Å²) in [6, 6.07) is 15.1. The number of hydrogen-bond acceptors (Lipinski definition) is 3. The maximum atomic E-state index is 12.0. The van der Waals surface area contributed by atoms with E-state index in [4.69, 9.17) is 0 Å². The van der Waals surface area contributed by atoms with Crippen molar-refractivity contribution in [3.05, 3.63) is 72.8 Å². The van der Waals surface area contributed by atoms with Crippen LogP contribution in [0, 0.1) is 0 Å². The number of fused-ring (bicyclic) bond motifs is 1. The lowest BCUT2D eigenvalue weighted by Crippen LogP contribution is -2.28. The summed E-state index contributed by atoms with van der Waals surface area (Å²) in [7, 11) is 0. The molecule has 3 aromatic heterocycles. The molecule has 4 rings (SSSR count). The summed E-state index contributed by atoms with van der Waals surface area (Å²) in [6.45, 7) is 0.416. The zero-order valence-electron chi connectivity index (χ0n) is 13.3. The van der Waals surface area contributed by atoms with Crippen LogP contribution >= 0.6 is 0 Å². The maximum absolute atomic E-state index is 12.0. The predicted molar refractivity (Wildman–Crippen MR) is 95.5 cm³/mol. The van der Waals surface area contributed by atoms with Crippen LogP contribution < -0.4 is 10.6 Å². The number of rotatable bonds is 4. The molecular weight excluding hydrogens is 316 g/mol. The molecule has 0 saturated carbocycles. The molecule has 0 aliphatic carbocycles. The highest BCUT2D eigenvalue weighted by molar-refractivity contribution is 5.89. The maximum Gasteiger partial charge on any atom is 0.319 e. The Hall–Kier alpha value is -3.61. The van der Waals surface area contributed by atoms with Crippen LogP contribution in [0.2, 0.25) is 0 Å². The number of benzene rings is 1. The van der Waals surface area contributed by atoms with Crippen LogP contribution in [0.4, 0.5) is 10.5 Å². The van der Waals surface area contributed by atoms with Crippen molar-refractivity contribution < 1.29 is 4.79 Å². The molecule has 0 atom stereocenters. The first-order valence-electron chi connectivity index (χ1n) is 7.85. The van der Waals surface area contributed by atoms with Crippen LogP contribution in [-0.4, -0.2) is 25.8 Å². The Morgan fingerprint density at radius 2 is 2.08 bits per heavy atom. The molecule has 0 unspecified atom stereocenters. The first kappa shape index (κ1) is 14.9. The quantitative estimate of drug-likeness (QED) is 0.537. The summed E-state index contributed by atoms with van der Waals surface area (Å²) < 4.78 is 1.65. The summed E-state index contributed by atoms with van der Waals surface area (Å²) in [5.74, 6) is 0.689. The van der Waals surface area contributed by atoms with E-state index in [9.17, 15) is 4.79 Å². The molecule has 0 spiro atoms. The van der Waals surface area contributed by atoms with Crippen molar-refractivity contribution in [3.8, 4) is 5.82 Å². The van der Waals surface area contributed by atoms with Gasteiger partial charge in [-0.25, -0.2) is 14.5 Å². The number of carbonyl (C=O) groups is 1. The van der Waals surface area contributed by atoms with Gasteiger partial charge in [-0.15, -0.1) is 0 Å². The van der Waals surface area contributed by atoms with E-state index in [-0.39, 0.29) is 6.03 Å². The van der Waals surface area contributed by atoms with Gasteiger partial charge in [0, 0.05) is 23.6 Å². The monoisotopic (exact) mass is 332 g/mol. The second-order valence-corrected chi connectivity index (χ2v) is 5.55. The number of carbonyl (C=O) groups excluding carboxylic acids is 1. The van der Waals surface area contributed by atoms with E-state index in [1.54, 1.807) is 29.2 Å². The molecule has 124 valence electrons. The molecule has 2 amide bonds. The lowest BCUT2D eigenvalue weighted by Gasteiger charge is -2.07. The number of H-pyrrole nitrogens is 1. The van der Waals surface area contributed by atoms with Crippen molar-refractivity contribution in [2.45, 2.75) is 6.54 Å². The predicted octanol–water partition coefficient (Wildman–Crippen LogP) is 3.07. The fourth-order valence-corrected chi connectivity index (χ4v) is 2.58. The van der Waals surface area contributed by atoms with Gasteiger partial charge in [0.25, 0.3) is 0 Å². The summed E-state index contributed by atoms with van der Waals surface area (Å²) in [5, 5.41) is 10.8. The van der Waals surface area contributed by atoms with Crippen LogP contribution in [0.1, 0.15) is 5.69 Å². The van der Waals surface area contributed by atoms with Crippen molar-refractivity contribution in [2.24, 2.45) is 0 Å². The van der Waals surface area contributed by atoms with Crippen molar-refractivity contribution in [1.82, 2.24) is 25.1 Å². The van der Waals surface area contributed by atoms with Crippen molar-refractivity contribution in [1.29, 1.82) is 0 Å². The number of anilines is 1. The van der Waals surface area contributed by atoms with Crippen LogP contribution in [0.3, 0.4) is 0 Å². The highest BCUT2D eigenvalue weighted by atomic mass is 16.2. The van der Waals surface area contributed by atoms with Gasteiger partial charge in [0.1, 0.15) is 0 Å². The summed E-state index contributed by atoms with van der Waals surface area (Å²) in [4.78, 5) is 19.6. The van der Waals surface area contributed by atoms with E-state index in [0.717, 1.165) is 16.6 Å². The molecule has 1 aromatic carbocycles. The van der Waals surface area contributed by atoms with E-state index in [1.807, 2.05) is 42.6 Å². The van der Waals surface area contributed by atoms with Gasteiger partial charge in [0.2, 0.25) is 0 Å². The third kappa shape index (κ3) is 3.35. The molecule has 0 aliphatic rings. The number of amides is 2. The van der Waals surface area contributed by atoms with Gasteiger partial charge in [-0.3, -0.25) is 0 Å². The second kappa shape index (κ2) is 6.48. The molecule has 4 aromatic rings. The van der Waals surface area contributed by atoms with Crippen LogP contribution in [0.15, 0.2) is 67.1 Å². The normalized spacial score (nSPS) is 10.7. The first-order valence-corrected chi connectivity index (χ1v) is 7.85. The Balaban J connectivity index is 1.35.